The first-order chi connectivity index (χ1) is 9.60. The Balaban J connectivity index is 2.86. The van der Waals surface area contributed by atoms with E-state index in [0.717, 1.165) is 4.88 Å². The van der Waals surface area contributed by atoms with E-state index in [-0.39, 0.29) is 4.90 Å². The molecule has 1 heterocycles. The lowest BCUT2D eigenvalue weighted by Gasteiger charge is -2.15. The second-order valence-corrected chi connectivity index (χ2v) is 7.38. The number of nitrogens with one attached hydrogen (secondary N) is 2. The molecule has 2 N–H and O–H groups in total. The summed E-state index contributed by atoms with van der Waals surface area (Å²) >= 11 is 1.20. The van der Waals surface area contributed by atoms with Crippen molar-refractivity contribution in [3.05, 3.63) is 15.8 Å². The molecule has 0 unspecified atom stereocenters. The molecule has 1 aromatic heterocycles. The van der Waals surface area contributed by atoms with Crippen LogP contribution in [0.5, 0.6) is 0 Å². The van der Waals surface area contributed by atoms with Gasteiger partial charge in [-0.3, -0.25) is 0 Å². The Morgan fingerprint density at radius 3 is 2.52 bits per heavy atom. The lowest BCUT2D eigenvalue weighted by molar-refractivity contribution is -0.122. The van der Waals surface area contributed by atoms with Crippen LogP contribution in [0.25, 0.3) is 0 Å². The molecule has 0 bridgehead atoms. The van der Waals surface area contributed by atoms with E-state index >= 15 is 0 Å². The monoisotopic (exact) mass is 348 g/mol. The van der Waals surface area contributed by atoms with Gasteiger partial charge in [-0.25, -0.2) is 21.9 Å². The van der Waals surface area contributed by atoms with E-state index in [0.29, 0.717) is 18.0 Å². The molecule has 0 amide bonds. The Morgan fingerprint density at radius 1 is 1.38 bits per heavy atom. The smallest absolute Gasteiger partial charge is 0.312 e. The summed E-state index contributed by atoms with van der Waals surface area (Å²) in [5.41, 5.74) is 0. The maximum atomic E-state index is 12.8. The average Bonchev–Trinajstić information content (AvgIpc) is 2.76. The van der Waals surface area contributed by atoms with Crippen molar-refractivity contribution < 1.29 is 26.0 Å². The minimum Gasteiger partial charge on any atom is -0.312 e. The van der Waals surface area contributed by atoms with Gasteiger partial charge in [-0.15, -0.1) is 11.3 Å². The lowest BCUT2D eigenvalue weighted by Crippen LogP contribution is -2.41. The zero-order chi connectivity index (χ0) is 16.3. The molecule has 0 aliphatic rings. The summed E-state index contributed by atoms with van der Waals surface area (Å²) in [6, 6.07) is 1.35. The maximum Gasteiger partial charge on any atom is 0.320 e. The van der Waals surface area contributed by atoms with E-state index in [1.165, 1.54) is 29.0 Å². The van der Waals surface area contributed by atoms with E-state index in [1.54, 1.807) is 0 Å². The van der Waals surface area contributed by atoms with E-state index in [1.807, 2.05) is 6.92 Å². The first kappa shape index (κ1) is 18.3. The standard InChI is InChI=1S/C11H16F4N2O2S2/c1-3-16-5-8-4-9(7(2)20-8)21(18,19)17-6-11(14,15)10(12)13/h4,10,16-17H,3,5-6H2,1-2H3. The predicted octanol–water partition coefficient (Wildman–Crippen LogP) is 2.34. The Kier molecular flexibility index (Phi) is 6.14. The normalized spacial score (nSPS) is 13.1. The number of rotatable bonds is 8. The molecule has 0 aliphatic heterocycles. The van der Waals surface area contributed by atoms with Gasteiger partial charge in [-0.1, -0.05) is 6.92 Å². The van der Waals surface area contributed by atoms with Crippen molar-refractivity contribution in [2.24, 2.45) is 0 Å². The molecule has 0 atom stereocenters. The fraction of sp³-hybridized carbons (Fsp3) is 0.636. The van der Waals surface area contributed by atoms with Gasteiger partial charge in [0.2, 0.25) is 10.0 Å². The zero-order valence-electron chi connectivity index (χ0n) is 11.4. The fourth-order valence-corrected chi connectivity index (χ4v) is 4.12. The van der Waals surface area contributed by atoms with Crippen LogP contribution in [0.1, 0.15) is 16.7 Å². The third kappa shape index (κ3) is 4.90. The Morgan fingerprint density at radius 2 is 2.00 bits per heavy atom. The fourth-order valence-electron chi connectivity index (χ4n) is 1.47. The first-order valence-electron chi connectivity index (χ1n) is 6.06. The number of hydrogen-bond acceptors (Lipinski definition) is 4. The minimum absolute atomic E-state index is 0.162. The van der Waals surface area contributed by atoms with Gasteiger partial charge in [0.15, 0.2) is 0 Å². The Hall–Kier alpha value is -0.710. The van der Waals surface area contributed by atoms with E-state index in [9.17, 15) is 26.0 Å². The Labute approximate surface area is 124 Å². The van der Waals surface area contributed by atoms with Gasteiger partial charge in [0.05, 0.1) is 11.4 Å². The minimum atomic E-state index is -4.40. The number of sulfonamides is 1. The summed E-state index contributed by atoms with van der Waals surface area (Å²) in [4.78, 5) is 0.969. The van der Waals surface area contributed by atoms with E-state index in [4.69, 9.17) is 0 Å². The molecule has 0 saturated carbocycles. The molecule has 0 spiro atoms. The highest BCUT2D eigenvalue weighted by Gasteiger charge is 2.41. The molecule has 0 radical (unpaired) electrons. The second kappa shape index (κ2) is 7.03. The van der Waals surface area contributed by atoms with Crippen molar-refractivity contribution >= 4 is 21.4 Å². The molecule has 0 aromatic carbocycles. The number of thiophene rings is 1. The van der Waals surface area contributed by atoms with Crippen LogP contribution in [0.4, 0.5) is 17.6 Å². The summed E-state index contributed by atoms with van der Waals surface area (Å²) in [5, 5.41) is 3.00. The molecule has 122 valence electrons. The van der Waals surface area contributed by atoms with Crippen LogP contribution in [-0.4, -0.2) is 33.9 Å². The highest BCUT2D eigenvalue weighted by molar-refractivity contribution is 7.89. The molecule has 1 rings (SSSR count). The van der Waals surface area contributed by atoms with Crippen LogP contribution in [0.15, 0.2) is 11.0 Å². The van der Waals surface area contributed by atoms with Crippen molar-refractivity contribution in [2.75, 3.05) is 13.1 Å². The topological polar surface area (TPSA) is 58.2 Å². The summed E-state index contributed by atoms with van der Waals surface area (Å²) in [7, 11) is -4.24. The maximum absolute atomic E-state index is 12.8. The molecule has 0 aliphatic carbocycles. The van der Waals surface area contributed by atoms with Gasteiger partial charge >= 0.3 is 12.3 Å². The van der Waals surface area contributed by atoms with Crippen LogP contribution in [0.3, 0.4) is 0 Å². The second-order valence-electron chi connectivity index (χ2n) is 4.30. The van der Waals surface area contributed by atoms with Crippen LogP contribution in [0, 0.1) is 6.92 Å². The molecule has 4 nitrogen and oxygen atoms in total. The van der Waals surface area contributed by atoms with Crippen molar-refractivity contribution in [1.82, 2.24) is 10.0 Å². The van der Waals surface area contributed by atoms with E-state index < -0.39 is 28.9 Å². The highest BCUT2D eigenvalue weighted by atomic mass is 32.2. The molecule has 10 heteroatoms. The highest BCUT2D eigenvalue weighted by Crippen LogP contribution is 2.27. The van der Waals surface area contributed by atoms with Gasteiger partial charge in [0.1, 0.15) is 0 Å². The SMILES string of the molecule is CCNCc1cc(S(=O)(=O)NCC(F)(F)C(F)F)c(C)s1. The number of alkyl halides is 4. The summed E-state index contributed by atoms with van der Waals surface area (Å²) in [6.45, 7) is 2.92. The molecule has 0 saturated heterocycles. The number of hydrogen-bond donors (Lipinski definition) is 2. The molecule has 21 heavy (non-hydrogen) atoms. The number of halogens is 4. The van der Waals surface area contributed by atoms with Gasteiger partial charge in [0, 0.05) is 16.3 Å². The van der Waals surface area contributed by atoms with Crippen LogP contribution in [-0.2, 0) is 16.6 Å². The van der Waals surface area contributed by atoms with Crippen molar-refractivity contribution in [2.45, 2.75) is 37.6 Å². The molecular weight excluding hydrogens is 332 g/mol. The van der Waals surface area contributed by atoms with Crippen LogP contribution < -0.4 is 10.0 Å². The quantitative estimate of drug-likeness (QED) is 0.709. The van der Waals surface area contributed by atoms with Gasteiger partial charge in [-0.05, 0) is 19.5 Å². The first-order valence-corrected chi connectivity index (χ1v) is 8.35. The predicted molar refractivity (Wildman–Crippen MR) is 72.6 cm³/mol. The van der Waals surface area contributed by atoms with Crippen LogP contribution in [0.2, 0.25) is 0 Å². The average molecular weight is 348 g/mol. The molecule has 1 aromatic rings. The van der Waals surface area contributed by atoms with Gasteiger partial charge in [-0.2, -0.15) is 8.78 Å². The van der Waals surface area contributed by atoms with Crippen LogP contribution >= 0.6 is 11.3 Å². The third-order valence-corrected chi connectivity index (χ3v) is 5.29. The summed E-state index contributed by atoms with van der Waals surface area (Å²) in [6.07, 6.45) is -3.92. The van der Waals surface area contributed by atoms with Gasteiger partial charge in [0.25, 0.3) is 0 Å². The third-order valence-electron chi connectivity index (χ3n) is 2.58. The van der Waals surface area contributed by atoms with Crippen molar-refractivity contribution in [1.29, 1.82) is 0 Å². The largest absolute Gasteiger partial charge is 0.320 e. The van der Waals surface area contributed by atoms with Gasteiger partial charge < -0.3 is 5.32 Å². The molecular formula is C11H16F4N2O2S2. The van der Waals surface area contributed by atoms with Crippen molar-refractivity contribution in [3.63, 3.8) is 0 Å². The lowest BCUT2D eigenvalue weighted by atomic mass is 10.4. The Bertz CT molecular complexity index is 573. The molecule has 0 fully saturated rings. The van der Waals surface area contributed by atoms with Crippen molar-refractivity contribution in [3.8, 4) is 0 Å². The number of aryl methyl sites for hydroxylation is 1. The summed E-state index contributed by atoms with van der Waals surface area (Å²) < 4.78 is 75.0. The van der Waals surface area contributed by atoms with E-state index in [2.05, 4.69) is 5.32 Å². The zero-order valence-corrected chi connectivity index (χ0v) is 13.1. The summed E-state index contributed by atoms with van der Waals surface area (Å²) in [5.74, 6) is -4.40.